The Labute approximate surface area is 86.8 Å². The molecule has 0 saturated carbocycles. The topological polar surface area (TPSA) is 23.8 Å². The molecule has 0 heterocycles. The van der Waals surface area contributed by atoms with Crippen LogP contribution in [0.3, 0.4) is 0 Å². The van der Waals surface area contributed by atoms with Crippen LogP contribution in [0, 0.1) is 11.3 Å². The van der Waals surface area contributed by atoms with Crippen LogP contribution in [0.15, 0.2) is 47.6 Å². The van der Waals surface area contributed by atoms with E-state index >= 15 is 0 Å². The van der Waals surface area contributed by atoms with E-state index in [0.717, 1.165) is 12.0 Å². The molecule has 0 atom stereocenters. The van der Waals surface area contributed by atoms with Gasteiger partial charge in [0.15, 0.2) is 0 Å². The molecule has 1 nitrogen and oxygen atoms in total. The summed E-state index contributed by atoms with van der Waals surface area (Å²) < 4.78 is 0. The monoisotopic (exact) mass is 187 g/mol. The van der Waals surface area contributed by atoms with E-state index in [1.54, 1.807) is 0 Å². The molecule has 0 amide bonds. The predicted molar refractivity (Wildman–Crippen MR) is 61.7 cm³/mol. The van der Waals surface area contributed by atoms with Gasteiger partial charge in [-0.2, -0.15) is 5.26 Å². The summed E-state index contributed by atoms with van der Waals surface area (Å²) in [5.74, 6) is 0. The number of allylic oxidation sites excluding steroid dienone is 8. The minimum atomic E-state index is 0.724. The Bertz CT molecular complexity index is 309. The maximum atomic E-state index is 8.69. The summed E-state index contributed by atoms with van der Waals surface area (Å²) in [6.07, 6.45) is 12.7. The SMILES string of the molecule is C/C=C\C=C/C/C(C)=C/C(C#N)=C\C. The molecule has 0 aliphatic carbocycles. The van der Waals surface area contributed by atoms with Crippen LogP contribution in [0.2, 0.25) is 0 Å². The van der Waals surface area contributed by atoms with Crippen LogP contribution in [0.4, 0.5) is 0 Å². The van der Waals surface area contributed by atoms with Gasteiger partial charge in [-0.05, 0) is 33.3 Å². The van der Waals surface area contributed by atoms with E-state index in [-0.39, 0.29) is 0 Å². The predicted octanol–water partition coefficient (Wildman–Crippen LogP) is 3.92. The first-order chi connectivity index (χ1) is 6.74. The van der Waals surface area contributed by atoms with Crippen LogP contribution in [-0.2, 0) is 0 Å². The van der Waals surface area contributed by atoms with E-state index in [0.29, 0.717) is 0 Å². The molecule has 0 N–H and O–H groups in total. The zero-order chi connectivity index (χ0) is 10.8. The molecule has 0 saturated heterocycles. The van der Waals surface area contributed by atoms with Crippen LogP contribution in [0.25, 0.3) is 0 Å². The Kier molecular flexibility index (Phi) is 7.17. The molecule has 0 aromatic rings. The first-order valence-corrected chi connectivity index (χ1v) is 4.76. The lowest BCUT2D eigenvalue weighted by molar-refractivity contribution is 1.20. The van der Waals surface area contributed by atoms with Gasteiger partial charge >= 0.3 is 0 Å². The minimum absolute atomic E-state index is 0.724. The van der Waals surface area contributed by atoms with Gasteiger partial charge in [-0.15, -0.1) is 0 Å². The normalized spacial score (nSPS) is 13.9. The molecule has 0 rings (SSSR count). The summed E-state index contributed by atoms with van der Waals surface area (Å²) in [7, 11) is 0. The van der Waals surface area contributed by atoms with Crippen molar-refractivity contribution in [2.24, 2.45) is 0 Å². The van der Waals surface area contributed by atoms with E-state index in [1.165, 1.54) is 5.57 Å². The second-order valence-corrected chi connectivity index (χ2v) is 3.00. The van der Waals surface area contributed by atoms with E-state index in [9.17, 15) is 0 Å². The quantitative estimate of drug-likeness (QED) is 0.483. The zero-order valence-electron chi connectivity index (χ0n) is 9.12. The summed E-state index contributed by atoms with van der Waals surface area (Å²) in [6.45, 7) is 5.89. The second kappa shape index (κ2) is 8.07. The van der Waals surface area contributed by atoms with Crippen molar-refractivity contribution in [2.45, 2.75) is 27.2 Å². The van der Waals surface area contributed by atoms with E-state index in [1.807, 2.05) is 51.2 Å². The summed E-state index contributed by atoms with van der Waals surface area (Å²) in [6, 6.07) is 2.13. The average molecular weight is 187 g/mol. The lowest BCUT2D eigenvalue weighted by Gasteiger charge is -1.93. The fourth-order valence-corrected chi connectivity index (χ4v) is 0.948. The second-order valence-electron chi connectivity index (χ2n) is 3.00. The van der Waals surface area contributed by atoms with Crippen molar-refractivity contribution in [1.82, 2.24) is 0 Å². The molecule has 0 fully saturated rings. The van der Waals surface area contributed by atoms with Crippen LogP contribution in [-0.4, -0.2) is 0 Å². The van der Waals surface area contributed by atoms with Crippen molar-refractivity contribution in [3.05, 3.63) is 47.6 Å². The molecule has 74 valence electrons. The molecule has 0 aliphatic rings. The van der Waals surface area contributed by atoms with Crippen molar-refractivity contribution in [1.29, 1.82) is 5.26 Å². The summed E-state index contributed by atoms with van der Waals surface area (Å²) in [5, 5.41) is 8.69. The van der Waals surface area contributed by atoms with Gasteiger partial charge in [-0.1, -0.05) is 36.0 Å². The molecule has 0 radical (unpaired) electrons. The van der Waals surface area contributed by atoms with Crippen LogP contribution in [0.5, 0.6) is 0 Å². The van der Waals surface area contributed by atoms with Gasteiger partial charge in [-0.25, -0.2) is 0 Å². The number of nitriles is 1. The number of rotatable bonds is 4. The van der Waals surface area contributed by atoms with Crippen LogP contribution < -0.4 is 0 Å². The van der Waals surface area contributed by atoms with Gasteiger partial charge in [0.1, 0.15) is 0 Å². The Morgan fingerprint density at radius 1 is 1.29 bits per heavy atom. The maximum Gasteiger partial charge on any atom is 0.0988 e. The Morgan fingerprint density at radius 3 is 2.50 bits per heavy atom. The highest BCUT2D eigenvalue weighted by molar-refractivity contribution is 5.34. The molecule has 14 heavy (non-hydrogen) atoms. The van der Waals surface area contributed by atoms with E-state index < -0.39 is 0 Å². The lowest BCUT2D eigenvalue weighted by Crippen LogP contribution is -1.76. The van der Waals surface area contributed by atoms with Crippen molar-refractivity contribution in [3.63, 3.8) is 0 Å². The lowest BCUT2D eigenvalue weighted by atomic mass is 10.1. The first kappa shape index (κ1) is 12.4. The van der Waals surface area contributed by atoms with Crippen molar-refractivity contribution in [3.8, 4) is 6.07 Å². The van der Waals surface area contributed by atoms with E-state index in [2.05, 4.69) is 12.1 Å². The molecular formula is C13H17N. The summed E-state index contributed by atoms with van der Waals surface area (Å²) >= 11 is 0. The van der Waals surface area contributed by atoms with Gasteiger partial charge in [0.05, 0.1) is 6.07 Å². The van der Waals surface area contributed by atoms with Crippen molar-refractivity contribution in [2.75, 3.05) is 0 Å². The van der Waals surface area contributed by atoms with Crippen LogP contribution in [0.1, 0.15) is 27.2 Å². The van der Waals surface area contributed by atoms with Gasteiger partial charge < -0.3 is 0 Å². The third kappa shape index (κ3) is 6.02. The van der Waals surface area contributed by atoms with Gasteiger partial charge in [0.2, 0.25) is 0 Å². The molecule has 0 bridgehead atoms. The minimum Gasteiger partial charge on any atom is -0.192 e. The molecule has 1 heteroatoms. The fraction of sp³-hybridized carbons (Fsp3) is 0.308. The van der Waals surface area contributed by atoms with Gasteiger partial charge in [0.25, 0.3) is 0 Å². The zero-order valence-corrected chi connectivity index (χ0v) is 9.12. The third-order valence-electron chi connectivity index (χ3n) is 1.72. The van der Waals surface area contributed by atoms with Crippen molar-refractivity contribution < 1.29 is 0 Å². The third-order valence-corrected chi connectivity index (χ3v) is 1.72. The van der Waals surface area contributed by atoms with Gasteiger partial charge in [0, 0.05) is 5.57 Å². The van der Waals surface area contributed by atoms with E-state index in [4.69, 9.17) is 5.26 Å². The Balaban J connectivity index is 4.22. The number of nitrogens with zero attached hydrogens (tertiary/aromatic N) is 1. The molecule has 0 aliphatic heterocycles. The first-order valence-electron chi connectivity index (χ1n) is 4.76. The standard InChI is InChI=1S/C13H17N/c1-4-6-7-8-9-12(3)10-13(5-2)11-14/h4-8,10H,9H2,1-3H3/b6-4-,8-7-,12-10+,13-5+. The highest BCUT2D eigenvalue weighted by atomic mass is 14.2. The fourth-order valence-electron chi connectivity index (χ4n) is 0.948. The molecule has 0 unspecified atom stereocenters. The largest absolute Gasteiger partial charge is 0.192 e. The summed E-state index contributed by atoms with van der Waals surface area (Å²) in [5.41, 5.74) is 1.92. The van der Waals surface area contributed by atoms with Crippen LogP contribution >= 0.6 is 0 Å². The number of hydrogen-bond acceptors (Lipinski definition) is 1. The number of hydrogen-bond donors (Lipinski definition) is 0. The molecule has 0 aromatic heterocycles. The molecule has 0 spiro atoms. The highest BCUT2D eigenvalue weighted by Gasteiger charge is 1.89. The summed E-state index contributed by atoms with van der Waals surface area (Å²) in [4.78, 5) is 0. The Morgan fingerprint density at radius 2 is 2.00 bits per heavy atom. The van der Waals surface area contributed by atoms with Crippen molar-refractivity contribution >= 4 is 0 Å². The average Bonchev–Trinajstić information content (AvgIpc) is 2.21. The molecular weight excluding hydrogens is 170 g/mol. The maximum absolute atomic E-state index is 8.69. The Hall–Kier alpha value is -1.55. The highest BCUT2D eigenvalue weighted by Crippen LogP contribution is 2.06. The smallest absolute Gasteiger partial charge is 0.0988 e. The molecule has 0 aromatic carbocycles. The van der Waals surface area contributed by atoms with Gasteiger partial charge in [-0.3, -0.25) is 0 Å².